The molecule has 110 valence electrons. The van der Waals surface area contributed by atoms with E-state index in [0.29, 0.717) is 10.2 Å². The van der Waals surface area contributed by atoms with Crippen molar-refractivity contribution in [2.75, 3.05) is 12.3 Å². The van der Waals surface area contributed by atoms with Crippen LogP contribution in [0.2, 0.25) is 0 Å². The summed E-state index contributed by atoms with van der Waals surface area (Å²) >= 11 is 3.18. The van der Waals surface area contributed by atoms with Gasteiger partial charge in [-0.25, -0.2) is 9.18 Å². The average Bonchev–Trinajstić information content (AvgIpc) is 2.40. The average molecular weight is 354 g/mol. The normalized spacial score (nSPS) is 10.2. The maximum absolute atomic E-state index is 13.4. The first-order chi connectivity index (χ1) is 9.99. The van der Waals surface area contributed by atoms with Gasteiger partial charge in [-0.15, -0.1) is 0 Å². The van der Waals surface area contributed by atoms with Gasteiger partial charge >= 0.3 is 5.97 Å². The molecule has 0 spiro atoms. The van der Waals surface area contributed by atoms with Crippen molar-refractivity contribution in [2.45, 2.75) is 6.92 Å². The number of nitrogen functional groups attached to an aromatic ring is 1. The van der Waals surface area contributed by atoms with Crippen LogP contribution in [0.5, 0.6) is 11.5 Å². The zero-order valence-corrected chi connectivity index (χ0v) is 12.8. The predicted octanol–water partition coefficient (Wildman–Crippen LogP) is 4.14. The second-order valence-corrected chi connectivity index (χ2v) is 5.10. The monoisotopic (exact) mass is 353 g/mol. The van der Waals surface area contributed by atoms with Crippen molar-refractivity contribution < 1.29 is 18.7 Å². The van der Waals surface area contributed by atoms with Crippen LogP contribution < -0.4 is 10.5 Å². The highest BCUT2D eigenvalue weighted by molar-refractivity contribution is 9.10. The highest BCUT2D eigenvalue weighted by Crippen LogP contribution is 2.30. The van der Waals surface area contributed by atoms with Gasteiger partial charge in [0.2, 0.25) is 0 Å². The quantitative estimate of drug-likeness (QED) is 0.662. The molecule has 2 rings (SSSR count). The van der Waals surface area contributed by atoms with E-state index < -0.39 is 11.8 Å². The summed E-state index contributed by atoms with van der Waals surface area (Å²) < 4.78 is 24.4. The number of carbonyl (C=O) groups excluding carboxylic acids is 1. The smallest absolute Gasteiger partial charge is 0.342 e. The number of nitrogens with two attached hydrogens (primary N) is 1. The van der Waals surface area contributed by atoms with Crippen molar-refractivity contribution >= 4 is 27.6 Å². The van der Waals surface area contributed by atoms with E-state index in [0.717, 1.165) is 0 Å². The molecule has 0 heterocycles. The van der Waals surface area contributed by atoms with Crippen molar-refractivity contribution in [1.29, 1.82) is 0 Å². The van der Waals surface area contributed by atoms with Crippen LogP contribution in [-0.4, -0.2) is 12.6 Å². The number of benzene rings is 2. The Morgan fingerprint density at radius 3 is 2.71 bits per heavy atom. The van der Waals surface area contributed by atoms with Gasteiger partial charge in [0.15, 0.2) is 0 Å². The fraction of sp³-hybridized carbons (Fsp3) is 0.133. The van der Waals surface area contributed by atoms with Crippen LogP contribution >= 0.6 is 15.9 Å². The minimum absolute atomic E-state index is 0.192. The lowest BCUT2D eigenvalue weighted by Gasteiger charge is -2.11. The molecule has 2 aromatic carbocycles. The van der Waals surface area contributed by atoms with Gasteiger partial charge in [0.25, 0.3) is 0 Å². The molecule has 0 saturated carbocycles. The number of hydrogen-bond donors (Lipinski definition) is 1. The first-order valence-corrected chi connectivity index (χ1v) is 6.99. The van der Waals surface area contributed by atoms with Crippen molar-refractivity contribution in [1.82, 2.24) is 0 Å². The number of esters is 1. The third kappa shape index (κ3) is 3.95. The van der Waals surface area contributed by atoms with Crippen molar-refractivity contribution in [3.05, 3.63) is 52.3 Å². The molecule has 0 aromatic heterocycles. The van der Waals surface area contributed by atoms with E-state index in [1.165, 1.54) is 18.2 Å². The summed E-state index contributed by atoms with van der Waals surface area (Å²) in [7, 11) is 0. The maximum Gasteiger partial charge on any atom is 0.342 e. The van der Waals surface area contributed by atoms with E-state index in [-0.39, 0.29) is 23.7 Å². The molecule has 0 fully saturated rings. The zero-order chi connectivity index (χ0) is 15.4. The lowest BCUT2D eigenvalue weighted by atomic mass is 10.2. The zero-order valence-electron chi connectivity index (χ0n) is 11.2. The summed E-state index contributed by atoms with van der Waals surface area (Å²) in [5, 5.41) is 0. The molecule has 0 aliphatic rings. The third-order valence-corrected chi connectivity index (χ3v) is 3.02. The van der Waals surface area contributed by atoms with Gasteiger partial charge < -0.3 is 15.2 Å². The molecule has 0 atom stereocenters. The molecule has 0 amide bonds. The van der Waals surface area contributed by atoms with Crippen LogP contribution in [0, 0.1) is 5.82 Å². The molecule has 4 nitrogen and oxygen atoms in total. The number of anilines is 1. The summed E-state index contributed by atoms with van der Waals surface area (Å²) in [6.45, 7) is 1.94. The molecular weight excluding hydrogens is 341 g/mol. The van der Waals surface area contributed by atoms with E-state index in [2.05, 4.69) is 15.9 Å². The second-order valence-electron chi connectivity index (χ2n) is 4.18. The highest BCUT2D eigenvalue weighted by Gasteiger charge is 2.15. The summed E-state index contributed by atoms with van der Waals surface area (Å²) in [6.07, 6.45) is 0. The largest absolute Gasteiger partial charge is 0.462 e. The van der Waals surface area contributed by atoms with Gasteiger partial charge in [0, 0.05) is 16.2 Å². The number of carbonyl (C=O) groups is 1. The molecule has 6 heteroatoms. The van der Waals surface area contributed by atoms with Crippen molar-refractivity contribution in [3.8, 4) is 11.5 Å². The van der Waals surface area contributed by atoms with Gasteiger partial charge in [-0.05, 0) is 37.3 Å². The van der Waals surface area contributed by atoms with Crippen LogP contribution in [0.3, 0.4) is 0 Å². The van der Waals surface area contributed by atoms with Crippen LogP contribution in [0.4, 0.5) is 10.1 Å². The Morgan fingerprint density at radius 2 is 2.05 bits per heavy atom. The summed E-state index contributed by atoms with van der Waals surface area (Å²) in [4.78, 5) is 11.9. The second kappa shape index (κ2) is 6.58. The molecule has 0 radical (unpaired) electrons. The topological polar surface area (TPSA) is 61.5 Å². The van der Waals surface area contributed by atoms with Crippen LogP contribution in [0.15, 0.2) is 40.9 Å². The predicted molar refractivity (Wildman–Crippen MR) is 81.0 cm³/mol. The fourth-order valence-corrected chi connectivity index (χ4v) is 2.16. The lowest BCUT2D eigenvalue weighted by molar-refractivity contribution is 0.0523. The van der Waals surface area contributed by atoms with Gasteiger partial charge in [-0.2, -0.15) is 0 Å². The maximum atomic E-state index is 13.4. The highest BCUT2D eigenvalue weighted by atomic mass is 79.9. The van der Waals surface area contributed by atoms with E-state index in [1.807, 2.05) is 0 Å². The summed E-state index contributed by atoms with van der Waals surface area (Å²) in [5.41, 5.74) is 6.27. The minimum atomic E-state index is -0.546. The Balaban J connectivity index is 2.37. The van der Waals surface area contributed by atoms with Crippen LogP contribution in [-0.2, 0) is 4.74 Å². The molecule has 21 heavy (non-hydrogen) atoms. The van der Waals surface area contributed by atoms with E-state index >= 15 is 0 Å². The Hall–Kier alpha value is -2.08. The van der Waals surface area contributed by atoms with E-state index in [9.17, 15) is 9.18 Å². The number of halogens is 2. The fourth-order valence-electron chi connectivity index (χ4n) is 1.72. The van der Waals surface area contributed by atoms with Crippen LogP contribution in [0.1, 0.15) is 17.3 Å². The molecule has 2 aromatic rings. The van der Waals surface area contributed by atoms with Gasteiger partial charge in [-0.3, -0.25) is 0 Å². The lowest BCUT2D eigenvalue weighted by Crippen LogP contribution is -2.07. The summed E-state index contributed by atoms with van der Waals surface area (Å²) in [5.74, 6) is -0.486. The Morgan fingerprint density at radius 1 is 1.29 bits per heavy atom. The Bertz CT molecular complexity index is 656. The standard InChI is InChI=1S/C15H13BrFNO3/c1-2-20-15(19)13-8-11(18)3-4-14(13)21-12-6-9(16)5-10(17)7-12/h3-8H,2,18H2,1H3. The van der Waals surface area contributed by atoms with Crippen LogP contribution in [0.25, 0.3) is 0 Å². The Labute approximate surface area is 129 Å². The van der Waals surface area contributed by atoms with E-state index in [1.54, 1.807) is 25.1 Å². The molecular formula is C15H13BrFNO3. The molecule has 0 aliphatic heterocycles. The van der Waals surface area contributed by atoms with Gasteiger partial charge in [0.1, 0.15) is 22.9 Å². The number of ether oxygens (including phenoxy) is 2. The molecule has 0 unspecified atom stereocenters. The third-order valence-electron chi connectivity index (χ3n) is 2.56. The summed E-state index contributed by atoms with van der Waals surface area (Å²) in [6, 6.07) is 8.71. The van der Waals surface area contributed by atoms with Crippen molar-refractivity contribution in [2.24, 2.45) is 0 Å². The number of hydrogen-bond acceptors (Lipinski definition) is 4. The molecule has 0 saturated heterocycles. The first kappa shape index (κ1) is 15.3. The number of rotatable bonds is 4. The van der Waals surface area contributed by atoms with Gasteiger partial charge in [-0.1, -0.05) is 15.9 Å². The van der Waals surface area contributed by atoms with E-state index in [4.69, 9.17) is 15.2 Å². The molecule has 0 aliphatic carbocycles. The Kier molecular flexibility index (Phi) is 4.80. The molecule has 2 N–H and O–H groups in total. The SMILES string of the molecule is CCOC(=O)c1cc(N)ccc1Oc1cc(F)cc(Br)c1. The minimum Gasteiger partial charge on any atom is -0.462 e. The van der Waals surface area contributed by atoms with Gasteiger partial charge in [0.05, 0.1) is 6.61 Å². The first-order valence-electron chi connectivity index (χ1n) is 6.20. The van der Waals surface area contributed by atoms with Crippen molar-refractivity contribution in [3.63, 3.8) is 0 Å². The molecule has 0 bridgehead atoms.